The topological polar surface area (TPSA) is 48.4 Å². The number of methoxy groups -OCH3 is 1. The van der Waals surface area contributed by atoms with Gasteiger partial charge in [0.05, 0.1) is 19.9 Å². The van der Waals surface area contributed by atoms with E-state index < -0.39 is 5.97 Å². The molecular formula is C9H11NO3. The Morgan fingerprint density at radius 3 is 3.00 bits per heavy atom. The van der Waals surface area contributed by atoms with Crippen molar-refractivity contribution >= 4 is 5.97 Å². The molecule has 1 rings (SSSR count). The van der Waals surface area contributed by atoms with Gasteiger partial charge in [0.25, 0.3) is 0 Å². The average molecular weight is 181 g/mol. The van der Waals surface area contributed by atoms with Crippen LogP contribution in [0.3, 0.4) is 0 Å². The summed E-state index contributed by atoms with van der Waals surface area (Å²) in [5, 5.41) is 0. The number of carbonyl (C=O) groups excluding carboxylic acids is 1. The first kappa shape index (κ1) is 9.51. The fraction of sp³-hybridized carbons (Fsp3) is 0.333. The molecule has 4 heteroatoms. The van der Waals surface area contributed by atoms with Crippen LogP contribution >= 0.6 is 0 Å². The SMILES string of the molecule is CCOc1cnccc1C(=O)OC. The lowest BCUT2D eigenvalue weighted by Crippen LogP contribution is -2.05. The quantitative estimate of drug-likeness (QED) is 0.659. The van der Waals surface area contributed by atoms with Crippen LogP contribution in [0.25, 0.3) is 0 Å². The fourth-order valence-corrected chi connectivity index (χ4v) is 0.929. The van der Waals surface area contributed by atoms with E-state index in [9.17, 15) is 4.79 Å². The van der Waals surface area contributed by atoms with E-state index >= 15 is 0 Å². The number of ether oxygens (including phenoxy) is 2. The lowest BCUT2D eigenvalue weighted by molar-refractivity contribution is 0.0596. The van der Waals surface area contributed by atoms with Crippen LogP contribution in [0.2, 0.25) is 0 Å². The van der Waals surface area contributed by atoms with Crippen LogP contribution in [0.1, 0.15) is 17.3 Å². The second-order valence-corrected chi connectivity index (χ2v) is 2.30. The van der Waals surface area contributed by atoms with E-state index in [1.165, 1.54) is 19.5 Å². The summed E-state index contributed by atoms with van der Waals surface area (Å²) in [4.78, 5) is 15.0. The zero-order chi connectivity index (χ0) is 9.68. The molecule has 0 bridgehead atoms. The number of esters is 1. The summed E-state index contributed by atoms with van der Waals surface area (Å²) in [5.41, 5.74) is 0.402. The molecule has 0 spiro atoms. The first-order chi connectivity index (χ1) is 6.29. The van der Waals surface area contributed by atoms with Gasteiger partial charge in [0, 0.05) is 6.20 Å². The van der Waals surface area contributed by atoms with Crippen molar-refractivity contribution in [2.75, 3.05) is 13.7 Å². The second kappa shape index (κ2) is 4.45. The van der Waals surface area contributed by atoms with Crippen molar-refractivity contribution in [1.82, 2.24) is 4.98 Å². The predicted molar refractivity (Wildman–Crippen MR) is 46.7 cm³/mol. The Hall–Kier alpha value is -1.58. The van der Waals surface area contributed by atoms with E-state index in [-0.39, 0.29) is 0 Å². The molecular weight excluding hydrogens is 170 g/mol. The number of hydrogen-bond donors (Lipinski definition) is 0. The molecule has 0 unspecified atom stereocenters. The lowest BCUT2D eigenvalue weighted by Gasteiger charge is -2.06. The highest BCUT2D eigenvalue weighted by atomic mass is 16.5. The van der Waals surface area contributed by atoms with Gasteiger partial charge in [0.2, 0.25) is 0 Å². The van der Waals surface area contributed by atoms with E-state index in [4.69, 9.17) is 4.74 Å². The molecule has 0 aliphatic rings. The Labute approximate surface area is 76.5 Å². The van der Waals surface area contributed by atoms with E-state index in [0.29, 0.717) is 17.9 Å². The minimum atomic E-state index is -0.411. The highest BCUT2D eigenvalue weighted by Crippen LogP contribution is 2.16. The number of hydrogen-bond acceptors (Lipinski definition) is 4. The molecule has 0 aliphatic heterocycles. The number of rotatable bonds is 3. The van der Waals surface area contributed by atoms with Crippen LogP contribution in [-0.4, -0.2) is 24.7 Å². The second-order valence-electron chi connectivity index (χ2n) is 2.30. The molecule has 0 saturated carbocycles. The summed E-state index contributed by atoms with van der Waals surface area (Å²) >= 11 is 0. The third kappa shape index (κ3) is 2.18. The third-order valence-electron chi connectivity index (χ3n) is 1.49. The molecule has 0 aromatic carbocycles. The first-order valence-corrected chi connectivity index (χ1v) is 3.94. The number of nitrogens with zero attached hydrogens (tertiary/aromatic N) is 1. The molecule has 0 aliphatic carbocycles. The summed E-state index contributed by atoms with van der Waals surface area (Å²) in [6, 6.07) is 1.57. The molecule has 13 heavy (non-hydrogen) atoms. The Bertz CT molecular complexity index is 299. The van der Waals surface area contributed by atoms with Gasteiger partial charge < -0.3 is 9.47 Å². The van der Waals surface area contributed by atoms with Gasteiger partial charge in [-0.15, -0.1) is 0 Å². The summed E-state index contributed by atoms with van der Waals surface area (Å²) < 4.78 is 9.77. The average Bonchev–Trinajstić information content (AvgIpc) is 2.18. The standard InChI is InChI=1S/C9H11NO3/c1-3-13-8-6-10-5-4-7(8)9(11)12-2/h4-6H,3H2,1-2H3. The van der Waals surface area contributed by atoms with Gasteiger partial charge in [-0.05, 0) is 13.0 Å². The van der Waals surface area contributed by atoms with Crippen molar-refractivity contribution in [2.45, 2.75) is 6.92 Å². The lowest BCUT2D eigenvalue weighted by atomic mass is 10.2. The van der Waals surface area contributed by atoms with Crippen LogP contribution in [0, 0.1) is 0 Å². The molecule has 70 valence electrons. The van der Waals surface area contributed by atoms with Gasteiger partial charge in [0.1, 0.15) is 5.56 Å². The van der Waals surface area contributed by atoms with Crippen molar-refractivity contribution in [3.63, 3.8) is 0 Å². The van der Waals surface area contributed by atoms with Crippen molar-refractivity contribution in [3.05, 3.63) is 24.0 Å². The molecule has 4 nitrogen and oxygen atoms in total. The normalized spacial score (nSPS) is 9.38. The van der Waals surface area contributed by atoms with Crippen LogP contribution in [0.15, 0.2) is 18.5 Å². The number of carbonyl (C=O) groups is 1. The molecule has 0 N–H and O–H groups in total. The van der Waals surface area contributed by atoms with Gasteiger partial charge >= 0.3 is 5.97 Å². The van der Waals surface area contributed by atoms with Gasteiger partial charge in [-0.3, -0.25) is 4.98 Å². The van der Waals surface area contributed by atoms with Crippen molar-refractivity contribution in [3.8, 4) is 5.75 Å². The molecule has 1 aromatic heterocycles. The maximum atomic E-state index is 11.2. The van der Waals surface area contributed by atoms with Crippen molar-refractivity contribution in [2.24, 2.45) is 0 Å². The Balaban J connectivity index is 2.97. The van der Waals surface area contributed by atoms with Gasteiger partial charge in [-0.1, -0.05) is 0 Å². The fourth-order valence-electron chi connectivity index (χ4n) is 0.929. The molecule has 0 saturated heterocycles. The minimum absolute atomic E-state index is 0.402. The van der Waals surface area contributed by atoms with Gasteiger partial charge in [0.15, 0.2) is 5.75 Å². The maximum Gasteiger partial charge on any atom is 0.341 e. The van der Waals surface area contributed by atoms with Gasteiger partial charge in [-0.25, -0.2) is 4.79 Å². The number of pyridine rings is 1. The molecule has 0 radical (unpaired) electrons. The third-order valence-corrected chi connectivity index (χ3v) is 1.49. The zero-order valence-corrected chi connectivity index (χ0v) is 7.61. The smallest absolute Gasteiger partial charge is 0.341 e. The Morgan fingerprint density at radius 2 is 2.38 bits per heavy atom. The maximum absolute atomic E-state index is 11.2. The number of aromatic nitrogens is 1. The van der Waals surface area contributed by atoms with Crippen molar-refractivity contribution < 1.29 is 14.3 Å². The van der Waals surface area contributed by atoms with E-state index in [0.717, 1.165) is 0 Å². The van der Waals surface area contributed by atoms with E-state index in [1.54, 1.807) is 6.07 Å². The first-order valence-electron chi connectivity index (χ1n) is 3.94. The molecule has 0 atom stereocenters. The molecule has 0 amide bonds. The summed E-state index contributed by atoms with van der Waals surface area (Å²) in [6.45, 7) is 2.34. The Kier molecular flexibility index (Phi) is 3.25. The predicted octanol–water partition coefficient (Wildman–Crippen LogP) is 1.27. The summed E-state index contributed by atoms with van der Waals surface area (Å²) in [6.07, 6.45) is 3.02. The van der Waals surface area contributed by atoms with E-state index in [2.05, 4.69) is 9.72 Å². The Morgan fingerprint density at radius 1 is 1.62 bits per heavy atom. The largest absolute Gasteiger partial charge is 0.491 e. The molecule has 0 fully saturated rings. The minimum Gasteiger partial charge on any atom is -0.491 e. The highest BCUT2D eigenvalue weighted by molar-refractivity contribution is 5.92. The highest BCUT2D eigenvalue weighted by Gasteiger charge is 2.11. The van der Waals surface area contributed by atoms with E-state index in [1.807, 2.05) is 6.92 Å². The van der Waals surface area contributed by atoms with Crippen LogP contribution in [-0.2, 0) is 4.74 Å². The van der Waals surface area contributed by atoms with Crippen molar-refractivity contribution in [1.29, 1.82) is 0 Å². The van der Waals surface area contributed by atoms with Gasteiger partial charge in [-0.2, -0.15) is 0 Å². The molecule has 1 heterocycles. The summed E-state index contributed by atoms with van der Waals surface area (Å²) in [7, 11) is 1.33. The van der Waals surface area contributed by atoms with Crippen LogP contribution < -0.4 is 4.74 Å². The monoisotopic (exact) mass is 181 g/mol. The molecule has 1 aromatic rings. The van der Waals surface area contributed by atoms with Crippen LogP contribution in [0.4, 0.5) is 0 Å². The zero-order valence-electron chi connectivity index (χ0n) is 7.61. The van der Waals surface area contributed by atoms with Crippen LogP contribution in [0.5, 0.6) is 5.75 Å². The summed E-state index contributed by atoms with van der Waals surface area (Å²) in [5.74, 6) is 0.0442.